The van der Waals surface area contributed by atoms with Crippen LogP contribution >= 0.6 is 7.05 Å². The molecule has 0 spiro atoms. The van der Waals surface area contributed by atoms with Gasteiger partial charge in [-0.3, -0.25) is 4.74 Å². The summed E-state index contributed by atoms with van der Waals surface area (Å²) >= 11 is 0. The number of nitrogens with zero attached hydrogens (tertiary/aromatic N) is 1. The van der Waals surface area contributed by atoms with Crippen LogP contribution in [0.25, 0.3) is 11.1 Å². The zero-order chi connectivity index (χ0) is 26.5. The van der Waals surface area contributed by atoms with Crippen molar-refractivity contribution in [3.05, 3.63) is 109 Å². The van der Waals surface area contributed by atoms with E-state index in [1.165, 1.54) is 5.70 Å². The molecule has 1 aliphatic rings. The average molecular weight is 536 g/mol. The molecule has 3 heteroatoms. The summed E-state index contributed by atoms with van der Waals surface area (Å²) in [6.45, 7) is 29.6. The van der Waals surface area contributed by atoms with Gasteiger partial charge in [0.05, 0.1) is 0 Å². The first-order valence-electron chi connectivity index (χ1n) is 12.6. The molecule has 2 aromatic rings. The fourth-order valence-electron chi connectivity index (χ4n) is 5.80. The summed E-state index contributed by atoms with van der Waals surface area (Å²) < 4.78 is 5.43. The van der Waals surface area contributed by atoms with E-state index in [0.717, 1.165) is 28.7 Å². The third-order valence-corrected chi connectivity index (χ3v) is 12.9. The predicted molar refractivity (Wildman–Crippen MR) is 161 cm³/mol. The van der Waals surface area contributed by atoms with E-state index >= 15 is 0 Å². The summed E-state index contributed by atoms with van der Waals surface area (Å²) in [6.07, 6.45) is 7.55. The minimum Gasteiger partial charge on any atom is -0.270 e. The third kappa shape index (κ3) is 7.44. The summed E-state index contributed by atoms with van der Waals surface area (Å²) in [5.74, 6) is 0. The van der Waals surface area contributed by atoms with Gasteiger partial charge in [-0.15, -0.1) is 0 Å². The minimum absolute atomic E-state index is 0. The molecule has 0 radical (unpaired) electrons. The second kappa shape index (κ2) is 12.7. The van der Waals surface area contributed by atoms with E-state index in [1.54, 1.807) is 0 Å². The van der Waals surface area contributed by atoms with Crippen LogP contribution in [0, 0.1) is 0 Å². The van der Waals surface area contributed by atoms with Crippen molar-refractivity contribution in [1.82, 2.24) is 0 Å². The van der Waals surface area contributed by atoms with Crippen LogP contribution in [0.3, 0.4) is 0 Å². The van der Waals surface area contributed by atoms with Gasteiger partial charge in [-0.2, -0.15) is 0 Å². The molecule has 0 heterocycles. The SMILES string of the molecule is C=C(C(=C)c1ccccc1)c1ccccc1.CC(C)(C)P(=NC1=CC=CC1)(C(C)(C)C)C(C)(C)C.[Ti]. The molecule has 1 aliphatic carbocycles. The van der Waals surface area contributed by atoms with Gasteiger partial charge in [0.2, 0.25) is 0 Å². The van der Waals surface area contributed by atoms with Crippen molar-refractivity contribution >= 4 is 18.2 Å². The van der Waals surface area contributed by atoms with Gasteiger partial charge in [0, 0.05) is 33.8 Å². The van der Waals surface area contributed by atoms with Gasteiger partial charge < -0.3 is 0 Å². The maximum absolute atomic E-state index is 5.43. The molecule has 0 saturated heterocycles. The van der Waals surface area contributed by atoms with Gasteiger partial charge in [0.25, 0.3) is 0 Å². The van der Waals surface area contributed by atoms with Gasteiger partial charge in [-0.25, -0.2) is 0 Å². The fraction of sp³-hybridized carbons (Fsp3) is 0.394. The van der Waals surface area contributed by atoms with Gasteiger partial charge in [-0.1, -0.05) is 148 Å². The van der Waals surface area contributed by atoms with Gasteiger partial charge in [-0.05, 0) is 50.9 Å². The molecule has 0 N–H and O–H groups in total. The second-order valence-electron chi connectivity index (χ2n) is 12.2. The minimum atomic E-state index is -1.58. The summed E-state index contributed by atoms with van der Waals surface area (Å²) in [5.41, 5.74) is 5.47. The van der Waals surface area contributed by atoms with Crippen molar-refractivity contribution in [1.29, 1.82) is 0 Å². The van der Waals surface area contributed by atoms with Gasteiger partial charge in [0.15, 0.2) is 0 Å². The molecular formula is C33H46NPTi. The molecule has 36 heavy (non-hydrogen) atoms. The summed E-state index contributed by atoms with van der Waals surface area (Å²) in [7, 11) is -1.58. The Morgan fingerprint density at radius 1 is 0.667 bits per heavy atom. The Kier molecular flexibility index (Phi) is 11.4. The first kappa shape index (κ1) is 32.4. The first-order chi connectivity index (χ1) is 16.1. The van der Waals surface area contributed by atoms with Crippen molar-refractivity contribution in [2.24, 2.45) is 4.74 Å². The molecule has 192 valence electrons. The predicted octanol–water partition coefficient (Wildman–Crippen LogP) is 10.8. The van der Waals surface area contributed by atoms with Crippen molar-refractivity contribution in [2.45, 2.75) is 84.2 Å². The number of benzene rings is 2. The molecule has 0 aromatic heterocycles. The molecule has 1 nitrogen and oxygen atoms in total. The molecule has 3 rings (SSSR count). The first-order valence-corrected chi connectivity index (χ1v) is 14.3. The Morgan fingerprint density at radius 2 is 1.03 bits per heavy atom. The number of hydrogen-bond acceptors (Lipinski definition) is 1. The van der Waals surface area contributed by atoms with E-state index in [2.05, 4.69) is 118 Å². The zero-order valence-corrected chi connectivity index (χ0v) is 26.5. The summed E-state index contributed by atoms with van der Waals surface area (Å²) in [4.78, 5) is 0. The Balaban J connectivity index is 0.000000354. The van der Waals surface area contributed by atoms with E-state index in [-0.39, 0.29) is 37.2 Å². The standard InChI is InChI=1S/C17H32NP.C16H14.Ti/c1-15(2,3)19(16(4,5)6,17(7,8)9)18-14-12-10-11-13-14;1-13(15-9-5-3-6-10-15)14(2)16-11-7-4-8-12-16;/h10-12H,13H2,1-9H3;3-12H,1-2H2;. The topological polar surface area (TPSA) is 12.4 Å². The number of rotatable bonds is 4. The van der Waals surface area contributed by atoms with E-state index in [4.69, 9.17) is 4.74 Å². The number of allylic oxidation sites excluding steroid dienone is 5. The van der Waals surface area contributed by atoms with Gasteiger partial charge >= 0.3 is 0 Å². The van der Waals surface area contributed by atoms with Crippen molar-refractivity contribution in [3.63, 3.8) is 0 Å². The Hall–Kier alpha value is -1.66. The third-order valence-electron chi connectivity index (χ3n) is 6.55. The van der Waals surface area contributed by atoms with Crippen LogP contribution in [0.5, 0.6) is 0 Å². The maximum atomic E-state index is 5.43. The Morgan fingerprint density at radius 3 is 1.31 bits per heavy atom. The van der Waals surface area contributed by atoms with Crippen LogP contribution in [0.2, 0.25) is 0 Å². The quantitative estimate of drug-likeness (QED) is 0.210. The van der Waals surface area contributed by atoms with Crippen LogP contribution in [-0.4, -0.2) is 15.5 Å². The van der Waals surface area contributed by atoms with E-state index < -0.39 is 7.05 Å². The molecule has 0 atom stereocenters. The summed E-state index contributed by atoms with van der Waals surface area (Å²) in [6, 6.07) is 20.3. The Labute approximate surface area is 236 Å². The van der Waals surface area contributed by atoms with Crippen LogP contribution in [0.4, 0.5) is 0 Å². The molecular weight excluding hydrogens is 489 g/mol. The number of hydrogen-bond donors (Lipinski definition) is 0. The normalized spacial score (nSPS) is 13.6. The van der Waals surface area contributed by atoms with Crippen molar-refractivity contribution in [3.8, 4) is 0 Å². The van der Waals surface area contributed by atoms with Crippen LogP contribution in [0.1, 0.15) is 79.9 Å². The molecule has 0 unspecified atom stereocenters. The molecule has 0 bridgehead atoms. The molecule has 2 aromatic carbocycles. The van der Waals surface area contributed by atoms with E-state index in [9.17, 15) is 0 Å². The Bertz CT molecular complexity index is 1040. The van der Waals surface area contributed by atoms with Crippen LogP contribution < -0.4 is 0 Å². The molecule has 0 amide bonds. The second-order valence-corrected chi connectivity index (χ2v) is 17.7. The van der Waals surface area contributed by atoms with Crippen molar-refractivity contribution < 1.29 is 21.7 Å². The van der Waals surface area contributed by atoms with Crippen LogP contribution in [0.15, 0.2) is 102 Å². The van der Waals surface area contributed by atoms with E-state index in [1.807, 2.05) is 36.4 Å². The monoisotopic (exact) mass is 535 g/mol. The summed E-state index contributed by atoms with van der Waals surface area (Å²) in [5, 5.41) is 0.646. The molecule has 0 saturated carbocycles. The van der Waals surface area contributed by atoms with E-state index in [0.29, 0.717) is 0 Å². The average Bonchev–Trinajstić information content (AvgIpc) is 3.29. The van der Waals surface area contributed by atoms with Gasteiger partial charge in [0.1, 0.15) is 0 Å². The smallest absolute Gasteiger partial charge is 0.0425 e. The van der Waals surface area contributed by atoms with Crippen LogP contribution in [-0.2, 0) is 21.7 Å². The van der Waals surface area contributed by atoms with Crippen molar-refractivity contribution in [2.75, 3.05) is 0 Å². The largest absolute Gasteiger partial charge is 0.270 e. The molecule has 0 aliphatic heterocycles. The molecule has 0 fully saturated rings. The maximum Gasteiger partial charge on any atom is 0.0425 e. The fourth-order valence-corrected chi connectivity index (χ4v) is 13.3. The zero-order valence-electron chi connectivity index (χ0n) is 24.0.